The smallest absolute Gasteiger partial charge is 0.224 e. The number of thiophene rings is 1. The van der Waals surface area contributed by atoms with Gasteiger partial charge in [-0.05, 0) is 37.1 Å². The van der Waals surface area contributed by atoms with Gasteiger partial charge in [0.1, 0.15) is 17.0 Å². The molecular weight excluding hydrogens is 320 g/mol. The average molecular weight is 340 g/mol. The average Bonchev–Trinajstić information content (AvgIpc) is 2.94. The third-order valence-electron chi connectivity index (χ3n) is 3.60. The van der Waals surface area contributed by atoms with Gasteiger partial charge >= 0.3 is 0 Å². The predicted molar refractivity (Wildman–Crippen MR) is 99.5 cm³/mol. The zero-order valence-electron chi connectivity index (χ0n) is 13.8. The topological polar surface area (TPSA) is 66.9 Å². The van der Waals surface area contributed by atoms with E-state index in [1.54, 1.807) is 17.7 Å². The molecule has 0 radical (unpaired) electrons. The molecule has 0 fully saturated rings. The minimum absolute atomic E-state index is 0.0499. The summed E-state index contributed by atoms with van der Waals surface area (Å²) in [6.07, 6.45) is 2.97. The number of rotatable bonds is 6. The van der Waals surface area contributed by atoms with Gasteiger partial charge in [0.2, 0.25) is 5.91 Å². The van der Waals surface area contributed by atoms with Crippen molar-refractivity contribution in [3.63, 3.8) is 0 Å². The summed E-state index contributed by atoms with van der Waals surface area (Å²) in [6.45, 7) is 4.70. The van der Waals surface area contributed by atoms with Gasteiger partial charge in [-0.3, -0.25) is 4.79 Å². The highest BCUT2D eigenvalue weighted by Gasteiger charge is 2.07. The minimum Gasteiger partial charge on any atom is -0.365 e. The van der Waals surface area contributed by atoms with Crippen LogP contribution in [0.5, 0.6) is 0 Å². The highest BCUT2D eigenvalue weighted by Crippen LogP contribution is 2.27. The number of amides is 1. The van der Waals surface area contributed by atoms with Gasteiger partial charge in [0, 0.05) is 23.5 Å². The van der Waals surface area contributed by atoms with E-state index in [2.05, 4.69) is 33.6 Å². The number of nitrogens with zero attached hydrogens (tertiary/aromatic N) is 2. The molecule has 0 unspecified atom stereocenters. The molecule has 1 aromatic carbocycles. The number of fused-ring (bicyclic) bond motifs is 1. The molecule has 0 bridgehead atoms. The molecule has 3 aromatic rings. The molecular formula is C18H20N4OS. The first-order chi connectivity index (χ1) is 11.7. The van der Waals surface area contributed by atoms with Crippen molar-refractivity contribution in [3.8, 4) is 0 Å². The first-order valence-electron chi connectivity index (χ1n) is 7.99. The monoisotopic (exact) mass is 340 g/mol. The van der Waals surface area contributed by atoms with E-state index >= 15 is 0 Å². The van der Waals surface area contributed by atoms with Gasteiger partial charge in [0.25, 0.3) is 0 Å². The first kappa shape index (κ1) is 16.4. The Balaban J connectivity index is 1.71. The summed E-state index contributed by atoms with van der Waals surface area (Å²) in [5.41, 5.74) is 1.91. The summed E-state index contributed by atoms with van der Waals surface area (Å²) in [6, 6.07) is 9.96. The zero-order chi connectivity index (χ0) is 16.9. The molecule has 0 aliphatic heterocycles. The Morgan fingerprint density at radius 3 is 2.96 bits per heavy atom. The molecule has 124 valence electrons. The lowest BCUT2D eigenvalue weighted by Crippen LogP contribution is -2.11. The molecule has 0 aliphatic carbocycles. The Kier molecular flexibility index (Phi) is 5.05. The van der Waals surface area contributed by atoms with Crippen molar-refractivity contribution < 1.29 is 4.79 Å². The Bertz CT molecular complexity index is 859. The van der Waals surface area contributed by atoms with Crippen LogP contribution in [-0.2, 0) is 11.3 Å². The van der Waals surface area contributed by atoms with Crippen LogP contribution in [0.3, 0.4) is 0 Å². The van der Waals surface area contributed by atoms with Crippen molar-refractivity contribution in [2.24, 2.45) is 0 Å². The molecule has 0 saturated carbocycles. The van der Waals surface area contributed by atoms with E-state index in [0.29, 0.717) is 13.0 Å². The number of benzene rings is 1. The van der Waals surface area contributed by atoms with Crippen LogP contribution in [0, 0.1) is 6.92 Å². The summed E-state index contributed by atoms with van der Waals surface area (Å²) in [5, 5.41) is 7.34. The molecule has 0 aliphatic rings. The van der Waals surface area contributed by atoms with Crippen molar-refractivity contribution in [1.82, 2.24) is 9.97 Å². The third-order valence-corrected chi connectivity index (χ3v) is 4.56. The molecule has 2 heterocycles. The first-order valence-corrected chi connectivity index (χ1v) is 8.81. The Morgan fingerprint density at radius 1 is 1.25 bits per heavy atom. The summed E-state index contributed by atoms with van der Waals surface area (Å²) in [4.78, 5) is 22.6. The van der Waals surface area contributed by atoms with E-state index in [1.165, 1.54) is 4.88 Å². The van der Waals surface area contributed by atoms with Crippen LogP contribution in [0.25, 0.3) is 10.2 Å². The molecule has 2 aromatic heterocycles. The fraction of sp³-hybridized carbons (Fsp3) is 0.278. The molecule has 24 heavy (non-hydrogen) atoms. The molecule has 2 N–H and O–H groups in total. The van der Waals surface area contributed by atoms with E-state index in [1.807, 2.05) is 31.2 Å². The van der Waals surface area contributed by atoms with Crippen LogP contribution in [-0.4, -0.2) is 15.9 Å². The Hall–Kier alpha value is -2.47. The van der Waals surface area contributed by atoms with Crippen molar-refractivity contribution in [3.05, 3.63) is 47.1 Å². The van der Waals surface area contributed by atoms with Crippen LogP contribution in [0.15, 0.2) is 36.7 Å². The molecule has 1 amide bonds. The van der Waals surface area contributed by atoms with E-state index in [0.717, 1.165) is 33.7 Å². The van der Waals surface area contributed by atoms with Gasteiger partial charge in [-0.25, -0.2) is 9.97 Å². The van der Waals surface area contributed by atoms with Crippen LogP contribution < -0.4 is 10.6 Å². The summed E-state index contributed by atoms with van der Waals surface area (Å²) in [5.74, 6) is 0.888. The van der Waals surface area contributed by atoms with Crippen molar-refractivity contribution >= 4 is 39.0 Å². The molecule has 0 atom stereocenters. The maximum atomic E-state index is 11.7. The number of carbonyl (C=O) groups is 1. The summed E-state index contributed by atoms with van der Waals surface area (Å²) < 4.78 is 0. The lowest BCUT2D eigenvalue weighted by molar-refractivity contribution is -0.116. The number of hydrogen-bond acceptors (Lipinski definition) is 5. The number of nitrogens with one attached hydrogen (secondary N) is 2. The standard InChI is InChI=1S/C18H20N4OS/c1-3-5-16(23)22-14-7-4-6-13(9-14)10-19-17-15-8-12(2)24-18(15)21-11-20-17/h4,6-9,11H,3,5,10H2,1-2H3,(H,22,23)(H,19,20,21). The molecule has 6 heteroatoms. The number of aryl methyl sites for hydroxylation is 1. The van der Waals surface area contributed by atoms with Gasteiger partial charge in [0.15, 0.2) is 0 Å². The zero-order valence-corrected chi connectivity index (χ0v) is 14.6. The minimum atomic E-state index is 0.0499. The van der Waals surface area contributed by atoms with Gasteiger partial charge in [0.05, 0.1) is 5.39 Å². The van der Waals surface area contributed by atoms with Crippen LogP contribution in [0.1, 0.15) is 30.2 Å². The van der Waals surface area contributed by atoms with E-state index in [-0.39, 0.29) is 5.91 Å². The Morgan fingerprint density at radius 2 is 2.12 bits per heavy atom. The molecule has 0 saturated heterocycles. The van der Waals surface area contributed by atoms with E-state index in [9.17, 15) is 4.79 Å². The fourth-order valence-corrected chi connectivity index (χ4v) is 3.36. The largest absolute Gasteiger partial charge is 0.365 e. The fourth-order valence-electron chi connectivity index (χ4n) is 2.51. The van der Waals surface area contributed by atoms with Gasteiger partial charge < -0.3 is 10.6 Å². The second-order valence-corrected chi connectivity index (χ2v) is 6.89. The van der Waals surface area contributed by atoms with Crippen LogP contribution in [0.2, 0.25) is 0 Å². The number of hydrogen-bond donors (Lipinski definition) is 2. The molecule has 3 rings (SSSR count). The third kappa shape index (κ3) is 3.89. The second kappa shape index (κ2) is 7.40. The number of anilines is 2. The number of aromatic nitrogens is 2. The van der Waals surface area contributed by atoms with E-state index < -0.39 is 0 Å². The van der Waals surface area contributed by atoms with Gasteiger partial charge in [-0.2, -0.15) is 0 Å². The van der Waals surface area contributed by atoms with Crippen molar-refractivity contribution in [1.29, 1.82) is 0 Å². The molecule has 5 nitrogen and oxygen atoms in total. The van der Waals surface area contributed by atoms with Crippen LogP contribution in [0.4, 0.5) is 11.5 Å². The maximum Gasteiger partial charge on any atom is 0.224 e. The Labute approximate surface area is 145 Å². The SMILES string of the molecule is CCCC(=O)Nc1cccc(CNc2ncnc3sc(C)cc23)c1. The highest BCUT2D eigenvalue weighted by atomic mass is 32.1. The van der Waals surface area contributed by atoms with Gasteiger partial charge in [-0.15, -0.1) is 11.3 Å². The maximum absolute atomic E-state index is 11.7. The summed E-state index contributed by atoms with van der Waals surface area (Å²) in [7, 11) is 0. The van der Waals surface area contributed by atoms with Crippen molar-refractivity contribution in [2.45, 2.75) is 33.2 Å². The predicted octanol–water partition coefficient (Wildman–Crippen LogP) is 4.35. The lowest BCUT2D eigenvalue weighted by atomic mass is 10.2. The van der Waals surface area contributed by atoms with Crippen LogP contribution >= 0.6 is 11.3 Å². The second-order valence-electron chi connectivity index (χ2n) is 5.65. The lowest BCUT2D eigenvalue weighted by Gasteiger charge is -2.09. The number of carbonyl (C=O) groups excluding carboxylic acids is 1. The highest BCUT2D eigenvalue weighted by molar-refractivity contribution is 7.18. The van der Waals surface area contributed by atoms with E-state index in [4.69, 9.17) is 0 Å². The van der Waals surface area contributed by atoms with Gasteiger partial charge in [-0.1, -0.05) is 19.1 Å². The quantitative estimate of drug-likeness (QED) is 0.700. The summed E-state index contributed by atoms with van der Waals surface area (Å²) >= 11 is 1.66. The molecule has 0 spiro atoms. The van der Waals surface area contributed by atoms with Crippen molar-refractivity contribution in [2.75, 3.05) is 10.6 Å². The normalized spacial score (nSPS) is 10.8.